The summed E-state index contributed by atoms with van der Waals surface area (Å²) < 4.78 is 38.3. The number of alkyl halides is 3. The first kappa shape index (κ1) is 14.2. The minimum atomic E-state index is -4.18. The van der Waals surface area contributed by atoms with Crippen LogP contribution in [0, 0.1) is 5.92 Å². The molecule has 0 aliphatic carbocycles. The summed E-state index contributed by atoms with van der Waals surface area (Å²) in [6, 6.07) is 0. The standard InChI is InChI=1S/C11H14ClF3N4/c1-16-10-17-5-8(12)9(18-10)19-4-2-3-7(6-19)11(13,14)15/h5,7H,2-4,6H2,1H3,(H,16,17,18). The van der Waals surface area contributed by atoms with E-state index < -0.39 is 12.1 Å². The van der Waals surface area contributed by atoms with E-state index in [1.165, 1.54) is 6.20 Å². The number of hydrogen-bond acceptors (Lipinski definition) is 4. The summed E-state index contributed by atoms with van der Waals surface area (Å²) in [6.07, 6.45) is -2.15. The van der Waals surface area contributed by atoms with Crippen molar-refractivity contribution in [3.8, 4) is 0 Å². The summed E-state index contributed by atoms with van der Waals surface area (Å²) in [5, 5.41) is 3.01. The Morgan fingerprint density at radius 2 is 2.21 bits per heavy atom. The van der Waals surface area contributed by atoms with Crippen LogP contribution in [-0.4, -0.2) is 36.3 Å². The molecule has 1 aliphatic heterocycles. The summed E-state index contributed by atoms with van der Waals surface area (Å²) in [5.74, 6) is -0.631. The maximum absolute atomic E-state index is 12.8. The van der Waals surface area contributed by atoms with Gasteiger partial charge in [0.05, 0.1) is 12.1 Å². The van der Waals surface area contributed by atoms with Crippen molar-refractivity contribution < 1.29 is 13.2 Å². The minimum Gasteiger partial charge on any atom is -0.357 e. The van der Waals surface area contributed by atoms with Crippen molar-refractivity contribution in [1.29, 1.82) is 0 Å². The molecular formula is C11H14ClF3N4. The molecule has 4 nitrogen and oxygen atoms in total. The molecule has 0 aromatic carbocycles. The summed E-state index contributed by atoms with van der Waals surface area (Å²) in [5.41, 5.74) is 0. The second-order valence-electron chi connectivity index (χ2n) is 4.44. The monoisotopic (exact) mass is 294 g/mol. The second kappa shape index (κ2) is 5.40. The van der Waals surface area contributed by atoms with E-state index in [9.17, 15) is 13.2 Å². The average molecular weight is 295 g/mol. The van der Waals surface area contributed by atoms with Crippen molar-refractivity contribution in [1.82, 2.24) is 9.97 Å². The number of piperidine rings is 1. The molecule has 8 heteroatoms. The number of nitrogens with zero attached hydrogens (tertiary/aromatic N) is 3. The van der Waals surface area contributed by atoms with Crippen molar-refractivity contribution in [2.75, 3.05) is 30.4 Å². The predicted molar refractivity (Wildman–Crippen MR) is 67.6 cm³/mol. The first-order valence-corrected chi connectivity index (χ1v) is 6.31. The smallest absolute Gasteiger partial charge is 0.357 e. The van der Waals surface area contributed by atoms with Crippen LogP contribution in [-0.2, 0) is 0 Å². The Bertz CT molecular complexity index is 452. The van der Waals surface area contributed by atoms with E-state index in [0.29, 0.717) is 24.7 Å². The highest BCUT2D eigenvalue weighted by atomic mass is 35.5. The third kappa shape index (κ3) is 3.20. The SMILES string of the molecule is CNc1ncc(Cl)c(N2CCCC(C(F)(F)F)C2)n1. The fourth-order valence-corrected chi connectivity index (χ4v) is 2.35. The number of anilines is 2. The van der Waals surface area contributed by atoms with Gasteiger partial charge >= 0.3 is 6.18 Å². The van der Waals surface area contributed by atoms with Gasteiger partial charge in [0.2, 0.25) is 5.95 Å². The lowest BCUT2D eigenvalue weighted by Crippen LogP contribution is -2.42. The van der Waals surface area contributed by atoms with E-state index in [2.05, 4.69) is 15.3 Å². The van der Waals surface area contributed by atoms with E-state index in [0.717, 1.165) is 0 Å². The molecule has 106 valence electrons. The van der Waals surface area contributed by atoms with Crippen LogP contribution >= 0.6 is 11.6 Å². The van der Waals surface area contributed by atoms with Crippen molar-refractivity contribution in [2.45, 2.75) is 19.0 Å². The lowest BCUT2D eigenvalue weighted by atomic mass is 9.97. The molecule has 1 atom stereocenters. The van der Waals surface area contributed by atoms with E-state index in [4.69, 9.17) is 11.6 Å². The Hall–Kier alpha value is -1.24. The Morgan fingerprint density at radius 3 is 2.84 bits per heavy atom. The van der Waals surface area contributed by atoms with E-state index in [1.54, 1.807) is 11.9 Å². The summed E-state index contributed by atoms with van der Waals surface area (Å²) in [4.78, 5) is 9.63. The van der Waals surface area contributed by atoms with Crippen molar-refractivity contribution in [3.05, 3.63) is 11.2 Å². The number of halogens is 4. The van der Waals surface area contributed by atoms with Gasteiger partial charge in [-0.1, -0.05) is 11.6 Å². The quantitative estimate of drug-likeness (QED) is 0.910. The lowest BCUT2D eigenvalue weighted by molar-refractivity contribution is -0.176. The molecule has 0 amide bonds. The third-order valence-electron chi connectivity index (χ3n) is 3.13. The van der Waals surface area contributed by atoms with Gasteiger partial charge in [0.1, 0.15) is 5.02 Å². The van der Waals surface area contributed by atoms with E-state index in [-0.39, 0.29) is 18.0 Å². The Kier molecular flexibility index (Phi) is 4.03. The van der Waals surface area contributed by atoms with E-state index in [1.807, 2.05) is 0 Å². The maximum atomic E-state index is 12.8. The topological polar surface area (TPSA) is 41.1 Å². The number of rotatable bonds is 2. The highest BCUT2D eigenvalue weighted by Crippen LogP contribution is 2.36. The van der Waals surface area contributed by atoms with Gasteiger partial charge in [0.15, 0.2) is 5.82 Å². The van der Waals surface area contributed by atoms with Gasteiger partial charge in [-0.2, -0.15) is 18.2 Å². The molecular weight excluding hydrogens is 281 g/mol. The molecule has 0 saturated carbocycles. The van der Waals surface area contributed by atoms with Crippen LogP contribution in [0.4, 0.5) is 24.9 Å². The normalized spacial score (nSPS) is 20.5. The first-order valence-electron chi connectivity index (χ1n) is 5.93. The van der Waals surface area contributed by atoms with Crippen LogP contribution in [0.25, 0.3) is 0 Å². The molecule has 0 radical (unpaired) electrons. The number of nitrogens with one attached hydrogen (secondary N) is 1. The highest BCUT2D eigenvalue weighted by Gasteiger charge is 2.42. The van der Waals surface area contributed by atoms with Gasteiger partial charge in [0, 0.05) is 20.1 Å². The molecule has 2 rings (SSSR count). The maximum Gasteiger partial charge on any atom is 0.393 e. The van der Waals surface area contributed by atoms with Gasteiger partial charge in [-0.25, -0.2) is 4.98 Å². The Morgan fingerprint density at radius 1 is 1.47 bits per heavy atom. The zero-order valence-electron chi connectivity index (χ0n) is 10.3. The minimum absolute atomic E-state index is 0.108. The highest BCUT2D eigenvalue weighted by molar-refractivity contribution is 6.32. The van der Waals surface area contributed by atoms with Crippen LogP contribution in [0.15, 0.2) is 6.20 Å². The molecule has 0 spiro atoms. The van der Waals surface area contributed by atoms with Gasteiger partial charge < -0.3 is 10.2 Å². The van der Waals surface area contributed by atoms with Gasteiger partial charge in [-0.15, -0.1) is 0 Å². The largest absolute Gasteiger partial charge is 0.393 e. The van der Waals surface area contributed by atoms with E-state index >= 15 is 0 Å². The molecule has 19 heavy (non-hydrogen) atoms. The third-order valence-corrected chi connectivity index (χ3v) is 3.40. The molecule has 1 saturated heterocycles. The van der Waals surface area contributed by atoms with Crippen molar-refractivity contribution in [2.24, 2.45) is 5.92 Å². The molecule has 1 N–H and O–H groups in total. The van der Waals surface area contributed by atoms with Gasteiger partial charge in [-0.05, 0) is 12.8 Å². The molecule has 0 bridgehead atoms. The summed E-state index contributed by atoms with van der Waals surface area (Å²) in [7, 11) is 1.64. The van der Waals surface area contributed by atoms with Crippen LogP contribution < -0.4 is 10.2 Å². The van der Waals surface area contributed by atoms with Gasteiger partial charge in [0.25, 0.3) is 0 Å². The second-order valence-corrected chi connectivity index (χ2v) is 4.85. The van der Waals surface area contributed by atoms with Crippen LogP contribution in [0.2, 0.25) is 5.02 Å². The Labute approximate surface area is 114 Å². The average Bonchev–Trinajstić information content (AvgIpc) is 2.38. The zero-order valence-corrected chi connectivity index (χ0v) is 11.1. The fraction of sp³-hybridized carbons (Fsp3) is 0.636. The lowest BCUT2D eigenvalue weighted by Gasteiger charge is -2.34. The molecule has 1 fully saturated rings. The predicted octanol–water partition coefficient (Wildman–Crippen LogP) is 2.95. The first-order chi connectivity index (χ1) is 8.91. The Balaban J connectivity index is 2.21. The molecule has 1 aromatic heterocycles. The molecule has 1 unspecified atom stereocenters. The van der Waals surface area contributed by atoms with Crippen LogP contribution in [0.5, 0.6) is 0 Å². The molecule has 1 aliphatic rings. The zero-order chi connectivity index (χ0) is 14.0. The number of hydrogen-bond donors (Lipinski definition) is 1. The van der Waals surface area contributed by atoms with Crippen molar-refractivity contribution >= 4 is 23.4 Å². The summed E-state index contributed by atoms with van der Waals surface area (Å²) in [6.45, 7) is 0.413. The fourth-order valence-electron chi connectivity index (χ4n) is 2.14. The molecule has 1 aromatic rings. The number of aromatic nitrogens is 2. The van der Waals surface area contributed by atoms with Crippen LogP contribution in [0.3, 0.4) is 0 Å². The van der Waals surface area contributed by atoms with Crippen LogP contribution in [0.1, 0.15) is 12.8 Å². The molecule has 2 heterocycles. The summed E-state index contributed by atoms with van der Waals surface area (Å²) >= 11 is 5.97. The van der Waals surface area contributed by atoms with Gasteiger partial charge in [-0.3, -0.25) is 0 Å². The van der Waals surface area contributed by atoms with Crippen molar-refractivity contribution in [3.63, 3.8) is 0 Å².